The molecule has 0 saturated heterocycles. The third-order valence-corrected chi connectivity index (χ3v) is 4.91. The van der Waals surface area contributed by atoms with E-state index in [1.54, 1.807) is 10.9 Å². The number of nitrogens with zero attached hydrogens (tertiary/aromatic N) is 3. The Labute approximate surface area is 167 Å². The highest BCUT2D eigenvalue weighted by atomic mass is 32.1. The number of hydrogen-bond donors (Lipinski definition) is 2. The molecular formula is C21H21N5OS. The average Bonchev–Trinajstić information content (AvgIpc) is 3.18. The number of aromatic amines is 2. The van der Waals surface area contributed by atoms with Crippen LogP contribution in [0.3, 0.4) is 0 Å². The van der Waals surface area contributed by atoms with Gasteiger partial charge in [0.2, 0.25) is 4.77 Å². The second-order valence-corrected chi connectivity index (χ2v) is 7.15. The van der Waals surface area contributed by atoms with Crippen LogP contribution in [0.5, 0.6) is 5.75 Å². The fraction of sp³-hybridized carbons (Fsp3) is 0.190. The van der Waals surface area contributed by atoms with E-state index in [0.29, 0.717) is 10.6 Å². The van der Waals surface area contributed by atoms with Crippen LogP contribution in [-0.2, 0) is 6.61 Å². The Hall–Kier alpha value is -3.19. The van der Waals surface area contributed by atoms with Gasteiger partial charge in [-0.3, -0.25) is 0 Å². The smallest absolute Gasteiger partial charge is 0.216 e. The minimum absolute atomic E-state index is 0.265. The summed E-state index contributed by atoms with van der Waals surface area (Å²) < 4.78 is 7.95. The van der Waals surface area contributed by atoms with Gasteiger partial charge in [-0.25, -0.2) is 5.10 Å². The van der Waals surface area contributed by atoms with E-state index < -0.39 is 0 Å². The molecule has 0 atom stereocenters. The minimum Gasteiger partial charge on any atom is -0.485 e. The number of para-hydroxylation sites is 1. The van der Waals surface area contributed by atoms with E-state index in [1.165, 1.54) is 5.56 Å². The molecule has 2 heterocycles. The Morgan fingerprint density at radius 3 is 2.82 bits per heavy atom. The summed E-state index contributed by atoms with van der Waals surface area (Å²) in [5, 5.41) is 12.7. The lowest BCUT2D eigenvalue weighted by molar-refractivity contribution is 0.288. The maximum absolute atomic E-state index is 5.93. The van der Waals surface area contributed by atoms with Crippen molar-refractivity contribution in [3.63, 3.8) is 0 Å². The quantitative estimate of drug-likeness (QED) is 0.379. The van der Waals surface area contributed by atoms with Crippen LogP contribution in [0.25, 0.3) is 10.9 Å². The first-order valence-electron chi connectivity index (χ1n) is 9.01. The van der Waals surface area contributed by atoms with Crippen LogP contribution in [-0.4, -0.2) is 26.1 Å². The molecule has 0 spiro atoms. The Bertz CT molecular complexity index is 1230. The first-order valence-corrected chi connectivity index (χ1v) is 9.42. The predicted octanol–water partition coefficient (Wildman–Crippen LogP) is 4.81. The van der Waals surface area contributed by atoms with E-state index in [-0.39, 0.29) is 6.61 Å². The molecule has 0 bridgehead atoms. The Balaban J connectivity index is 1.60. The van der Waals surface area contributed by atoms with Crippen molar-refractivity contribution in [1.82, 2.24) is 19.9 Å². The van der Waals surface area contributed by atoms with Crippen molar-refractivity contribution in [2.75, 3.05) is 0 Å². The van der Waals surface area contributed by atoms with Crippen LogP contribution in [0.2, 0.25) is 0 Å². The summed E-state index contributed by atoms with van der Waals surface area (Å²) in [7, 11) is 0. The molecule has 0 aliphatic heterocycles. The van der Waals surface area contributed by atoms with Crippen molar-refractivity contribution in [1.29, 1.82) is 0 Å². The number of benzene rings is 2. The molecule has 4 rings (SSSR count). The lowest BCUT2D eigenvalue weighted by atomic mass is 10.1. The van der Waals surface area contributed by atoms with E-state index in [9.17, 15) is 0 Å². The van der Waals surface area contributed by atoms with Crippen molar-refractivity contribution in [2.24, 2.45) is 5.10 Å². The van der Waals surface area contributed by atoms with Crippen LogP contribution in [0.1, 0.15) is 28.2 Å². The molecule has 7 heteroatoms. The van der Waals surface area contributed by atoms with E-state index in [4.69, 9.17) is 17.0 Å². The van der Waals surface area contributed by atoms with Gasteiger partial charge < -0.3 is 9.72 Å². The number of rotatable bonds is 5. The first kappa shape index (κ1) is 18.2. The highest BCUT2D eigenvalue weighted by molar-refractivity contribution is 7.71. The molecular weight excluding hydrogens is 370 g/mol. The van der Waals surface area contributed by atoms with Crippen LogP contribution in [0, 0.1) is 25.5 Å². The van der Waals surface area contributed by atoms with Gasteiger partial charge in [-0.1, -0.05) is 35.9 Å². The molecule has 0 saturated carbocycles. The third kappa shape index (κ3) is 3.48. The third-order valence-electron chi connectivity index (χ3n) is 4.65. The van der Waals surface area contributed by atoms with Crippen molar-refractivity contribution < 1.29 is 4.74 Å². The highest BCUT2D eigenvalue weighted by Gasteiger charge is 2.09. The van der Waals surface area contributed by atoms with Gasteiger partial charge in [-0.05, 0) is 50.7 Å². The van der Waals surface area contributed by atoms with E-state index in [1.807, 2.05) is 44.2 Å². The molecule has 6 nitrogen and oxygen atoms in total. The molecule has 0 aliphatic rings. The second kappa shape index (κ2) is 7.44. The molecule has 0 unspecified atom stereocenters. The molecule has 28 heavy (non-hydrogen) atoms. The van der Waals surface area contributed by atoms with E-state index >= 15 is 0 Å². The van der Waals surface area contributed by atoms with Crippen molar-refractivity contribution in [3.05, 3.63) is 75.4 Å². The molecule has 2 aromatic carbocycles. The van der Waals surface area contributed by atoms with Crippen molar-refractivity contribution in [3.8, 4) is 5.75 Å². The molecule has 0 fully saturated rings. The van der Waals surface area contributed by atoms with Gasteiger partial charge in [0, 0.05) is 22.2 Å². The first-order chi connectivity index (χ1) is 13.5. The summed E-state index contributed by atoms with van der Waals surface area (Å²) in [6.45, 7) is 6.38. The van der Waals surface area contributed by atoms with E-state index in [2.05, 4.69) is 39.3 Å². The fourth-order valence-electron chi connectivity index (χ4n) is 3.22. The van der Waals surface area contributed by atoms with E-state index in [0.717, 1.165) is 33.5 Å². The normalized spacial score (nSPS) is 11.5. The van der Waals surface area contributed by atoms with Crippen LogP contribution >= 0.6 is 12.2 Å². The predicted molar refractivity (Wildman–Crippen MR) is 114 cm³/mol. The standard InChI is InChI=1S/C21H21N5OS/c1-13-8-9-19(14(2)10-13)27-12-20-24-25-21(28)26(20)22-11-17-15(3)23-18-7-5-4-6-16(17)18/h4-11,23H,12H2,1-3H3,(H,25,28)/b22-11+. The summed E-state index contributed by atoms with van der Waals surface area (Å²) >= 11 is 5.34. The number of hydrogen-bond acceptors (Lipinski definition) is 4. The fourth-order valence-corrected chi connectivity index (χ4v) is 3.42. The zero-order valence-corrected chi connectivity index (χ0v) is 16.8. The summed E-state index contributed by atoms with van der Waals surface area (Å²) in [5.41, 5.74) is 5.44. The largest absolute Gasteiger partial charge is 0.485 e. The monoisotopic (exact) mass is 391 g/mol. The van der Waals surface area contributed by atoms with Crippen LogP contribution in [0.15, 0.2) is 47.6 Å². The van der Waals surface area contributed by atoms with Gasteiger partial charge in [-0.2, -0.15) is 14.9 Å². The Kier molecular flexibility index (Phi) is 4.83. The lowest BCUT2D eigenvalue weighted by Gasteiger charge is -2.09. The topological polar surface area (TPSA) is 71.0 Å². The molecule has 0 aliphatic carbocycles. The number of H-pyrrole nitrogens is 2. The van der Waals surface area contributed by atoms with Gasteiger partial charge in [0.1, 0.15) is 12.4 Å². The number of ether oxygens (including phenoxy) is 1. The summed E-state index contributed by atoms with van der Waals surface area (Å²) in [6.07, 6.45) is 1.81. The zero-order valence-electron chi connectivity index (χ0n) is 16.0. The molecule has 0 amide bonds. The maximum atomic E-state index is 5.93. The average molecular weight is 392 g/mol. The lowest BCUT2D eigenvalue weighted by Crippen LogP contribution is -2.05. The number of aromatic nitrogens is 4. The highest BCUT2D eigenvalue weighted by Crippen LogP contribution is 2.21. The van der Waals surface area contributed by atoms with Gasteiger partial charge in [0.25, 0.3) is 0 Å². The number of fused-ring (bicyclic) bond motifs is 1. The van der Waals surface area contributed by atoms with Crippen LogP contribution in [0.4, 0.5) is 0 Å². The number of aryl methyl sites for hydroxylation is 3. The molecule has 142 valence electrons. The van der Waals surface area contributed by atoms with Gasteiger partial charge in [-0.15, -0.1) is 0 Å². The minimum atomic E-state index is 0.265. The van der Waals surface area contributed by atoms with Gasteiger partial charge >= 0.3 is 0 Å². The van der Waals surface area contributed by atoms with Gasteiger partial charge in [0.05, 0.1) is 6.21 Å². The SMILES string of the molecule is Cc1ccc(OCc2n[nH]c(=S)n2/N=C/c2c(C)[nH]c3ccccc23)c(C)c1. The second-order valence-electron chi connectivity index (χ2n) is 6.77. The Morgan fingerprint density at radius 2 is 2.00 bits per heavy atom. The molecule has 2 N–H and O–H groups in total. The Morgan fingerprint density at radius 1 is 1.18 bits per heavy atom. The maximum Gasteiger partial charge on any atom is 0.216 e. The van der Waals surface area contributed by atoms with Crippen molar-refractivity contribution in [2.45, 2.75) is 27.4 Å². The van der Waals surface area contributed by atoms with Crippen molar-refractivity contribution >= 4 is 29.3 Å². The molecule has 0 radical (unpaired) electrons. The van der Waals surface area contributed by atoms with Crippen LogP contribution < -0.4 is 4.74 Å². The molecule has 4 aromatic rings. The van der Waals surface area contributed by atoms with Gasteiger partial charge in [0.15, 0.2) is 5.82 Å². The number of nitrogens with one attached hydrogen (secondary N) is 2. The summed E-state index contributed by atoms with van der Waals surface area (Å²) in [6, 6.07) is 14.2. The summed E-state index contributed by atoms with van der Waals surface area (Å²) in [4.78, 5) is 3.37. The molecule has 2 aromatic heterocycles. The zero-order chi connectivity index (χ0) is 19.7. The summed E-state index contributed by atoms with van der Waals surface area (Å²) in [5.74, 6) is 1.43.